The molecular formula is C23H34N4O2. The van der Waals surface area contributed by atoms with Gasteiger partial charge < -0.3 is 19.1 Å². The Labute approximate surface area is 174 Å². The summed E-state index contributed by atoms with van der Waals surface area (Å²) in [4.78, 5) is 22.1. The molecule has 6 nitrogen and oxygen atoms in total. The fourth-order valence-corrected chi connectivity index (χ4v) is 4.09. The van der Waals surface area contributed by atoms with Gasteiger partial charge in [0.25, 0.3) is 5.91 Å². The number of ether oxygens (including phenoxy) is 1. The average molecular weight is 399 g/mol. The van der Waals surface area contributed by atoms with E-state index in [1.165, 1.54) is 0 Å². The highest BCUT2D eigenvalue weighted by Crippen LogP contribution is 2.22. The van der Waals surface area contributed by atoms with E-state index in [1.54, 1.807) is 19.5 Å². The Bertz CT molecular complexity index is 795. The predicted molar refractivity (Wildman–Crippen MR) is 115 cm³/mol. The number of hydrogen-bond acceptors (Lipinski definition) is 4. The van der Waals surface area contributed by atoms with Crippen LogP contribution in [0.2, 0.25) is 0 Å². The summed E-state index contributed by atoms with van der Waals surface area (Å²) in [7, 11) is 3.77. The van der Waals surface area contributed by atoms with Crippen LogP contribution in [-0.2, 0) is 18.3 Å². The van der Waals surface area contributed by atoms with Crippen molar-refractivity contribution < 1.29 is 9.53 Å². The highest BCUT2D eigenvalue weighted by Gasteiger charge is 2.26. The van der Waals surface area contributed by atoms with E-state index >= 15 is 0 Å². The van der Waals surface area contributed by atoms with Crippen LogP contribution in [0.1, 0.15) is 40.2 Å². The van der Waals surface area contributed by atoms with E-state index in [0.717, 1.165) is 68.1 Å². The van der Waals surface area contributed by atoms with Crippen LogP contribution in [0.5, 0.6) is 0 Å². The Morgan fingerprint density at radius 3 is 2.52 bits per heavy atom. The van der Waals surface area contributed by atoms with E-state index in [4.69, 9.17) is 4.74 Å². The maximum absolute atomic E-state index is 13.5. The molecule has 0 radical (unpaired) electrons. The van der Waals surface area contributed by atoms with Crippen LogP contribution >= 0.6 is 0 Å². The number of aryl methyl sites for hydroxylation is 1. The normalized spacial score (nSPS) is 15.6. The van der Waals surface area contributed by atoms with Gasteiger partial charge >= 0.3 is 0 Å². The second kappa shape index (κ2) is 10.0. The van der Waals surface area contributed by atoms with Crippen LogP contribution in [0, 0.1) is 19.8 Å². The standard InChI is InChI=1S/C23H34N4O2/c1-18-15-22(19(2)25(18)3)23(28)27(16-20-5-9-24-10-6-20)17-21-7-11-26(12-8-21)13-14-29-4/h5-6,9-10,15,21H,7-8,11-14,16-17H2,1-4H3. The Morgan fingerprint density at radius 1 is 1.24 bits per heavy atom. The number of methoxy groups -OCH3 is 1. The zero-order valence-electron chi connectivity index (χ0n) is 18.2. The molecule has 3 rings (SSSR count). The highest BCUT2D eigenvalue weighted by atomic mass is 16.5. The lowest BCUT2D eigenvalue weighted by molar-refractivity contribution is 0.0657. The molecule has 1 saturated heterocycles. The molecule has 2 aromatic heterocycles. The molecule has 1 aliphatic rings. The molecule has 0 atom stereocenters. The summed E-state index contributed by atoms with van der Waals surface area (Å²) in [5, 5.41) is 0. The lowest BCUT2D eigenvalue weighted by atomic mass is 9.95. The van der Waals surface area contributed by atoms with Crippen LogP contribution < -0.4 is 0 Å². The number of nitrogens with zero attached hydrogens (tertiary/aromatic N) is 4. The van der Waals surface area contributed by atoms with Gasteiger partial charge in [0, 0.05) is 57.6 Å². The maximum atomic E-state index is 13.5. The Hall–Kier alpha value is -2.18. The average Bonchev–Trinajstić information content (AvgIpc) is 3.00. The number of pyridine rings is 1. The lowest BCUT2D eigenvalue weighted by Crippen LogP contribution is -2.41. The summed E-state index contributed by atoms with van der Waals surface area (Å²) < 4.78 is 7.29. The van der Waals surface area contributed by atoms with E-state index in [1.807, 2.05) is 44.0 Å². The third-order valence-electron chi connectivity index (χ3n) is 6.21. The number of carbonyl (C=O) groups excluding carboxylic acids is 1. The van der Waals surface area contributed by atoms with Crippen molar-refractivity contribution >= 4 is 5.91 Å². The number of hydrogen-bond donors (Lipinski definition) is 0. The molecule has 0 saturated carbocycles. The molecule has 29 heavy (non-hydrogen) atoms. The van der Waals surface area contributed by atoms with Crippen LogP contribution in [0.4, 0.5) is 0 Å². The quantitative estimate of drug-likeness (QED) is 0.686. The van der Waals surface area contributed by atoms with E-state index in [2.05, 4.69) is 14.5 Å². The first-order chi connectivity index (χ1) is 14.0. The van der Waals surface area contributed by atoms with E-state index < -0.39 is 0 Å². The van der Waals surface area contributed by atoms with Crippen molar-refractivity contribution in [1.82, 2.24) is 19.4 Å². The first kappa shape index (κ1) is 21.5. The Balaban J connectivity index is 1.72. The maximum Gasteiger partial charge on any atom is 0.255 e. The molecule has 0 aromatic carbocycles. The molecule has 0 bridgehead atoms. The molecule has 6 heteroatoms. The molecule has 2 aromatic rings. The van der Waals surface area contributed by atoms with Gasteiger partial charge in [-0.1, -0.05) is 0 Å². The minimum Gasteiger partial charge on any atom is -0.383 e. The van der Waals surface area contributed by atoms with Crippen molar-refractivity contribution in [1.29, 1.82) is 0 Å². The van der Waals surface area contributed by atoms with Gasteiger partial charge in [-0.2, -0.15) is 0 Å². The third kappa shape index (κ3) is 5.46. The molecule has 1 aliphatic heterocycles. The summed E-state index contributed by atoms with van der Waals surface area (Å²) >= 11 is 0. The van der Waals surface area contributed by atoms with Crippen molar-refractivity contribution in [2.75, 3.05) is 39.9 Å². The van der Waals surface area contributed by atoms with Crippen molar-refractivity contribution in [3.8, 4) is 0 Å². The van der Waals surface area contributed by atoms with Gasteiger partial charge in [-0.25, -0.2) is 0 Å². The van der Waals surface area contributed by atoms with Gasteiger partial charge in [-0.05, 0) is 69.5 Å². The van der Waals surface area contributed by atoms with Crippen molar-refractivity contribution in [2.45, 2.75) is 33.2 Å². The predicted octanol–water partition coefficient (Wildman–Crippen LogP) is 3.04. The zero-order chi connectivity index (χ0) is 20.8. The van der Waals surface area contributed by atoms with Crippen LogP contribution in [-0.4, -0.2) is 65.2 Å². The molecule has 158 valence electrons. The second-order valence-electron chi connectivity index (χ2n) is 8.16. The van der Waals surface area contributed by atoms with Crippen LogP contribution in [0.25, 0.3) is 0 Å². The first-order valence-corrected chi connectivity index (χ1v) is 10.5. The number of aromatic nitrogens is 2. The summed E-state index contributed by atoms with van der Waals surface area (Å²) in [6, 6.07) is 6.01. The number of likely N-dealkylation sites (tertiary alicyclic amines) is 1. The first-order valence-electron chi connectivity index (χ1n) is 10.5. The van der Waals surface area contributed by atoms with Gasteiger partial charge in [0.15, 0.2) is 0 Å². The molecular weight excluding hydrogens is 364 g/mol. The van der Waals surface area contributed by atoms with Gasteiger partial charge in [0.05, 0.1) is 12.2 Å². The number of carbonyl (C=O) groups is 1. The van der Waals surface area contributed by atoms with Gasteiger partial charge in [-0.15, -0.1) is 0 Å². The van der Waals surface area contributed by atoms with Gasteiger partial charge in [0.2, 0.25) is 0 Å². The van der Waals surface area contributed by atoms with Gasteiger partial charge in [0.1, 0.15) is 0 Å². The summed E-state index contributed by atoms with van der Waals surface area (Å²) in [6.45, 7) is 9.43. The third-order valence-corrected chi connectivity index (χ3v) is 6.21. The molecule has 1 amide bonds. The van der Waals surface area contributed by atoms with E-state index in [0.29, 0.717) is 12.5 Å². The van der Waals surface area contributed by atoms with Crippen molar-refractivity contribution in [3.05, 3.63) is 53.1 Å². The van der Waals surface area contributed by atoms with Crippen LogP contribution in [0.3, 0.4) is 0 Å². The topological polar surface area (TPSA) is 50.6 Å². The Kier molecular flexibility index (Phi) is 7.45. The minimum absolute atomic E-state index is 0.129. The fraction of sp³-hybridized carbons (Fsp3) is 0.565. The molecule has 0 unspecified atom stereocenters. The van der Waals surface area contributed by atoms with E-state index in [9.17, 15) is 4.79 Å². The molecule has 0 spiro atoms. The molecule has 3 heterocycles. The molecule has 1 fully saturated rings. The SMILES string of the molecule is COCCN1CCC(CN(Cc2ccncc2)C(=O)c2cc(C)n(C)c2C)CC1. The van der Waals surface area contributed by atoms with Crippen molar-refractivity contribution in [3.63, 3.8) is 0 Å². The summed E-state index contributed by atoms with van der Waals surface area (Å²) in [6.07, 6.45) is 5.83. The smallest absolute Gasteiger partial charge is 0.255 e. The number of rotatable bonds is 8. The minimum atomic E-state index is 0.129. The second-order valence-corrected chi connectivity index (χ2v) is 8.16. The largest absolute Gasteiger partial charge is 0.383 e. The van der Waals surface area contributed by atoms with Crippen molar-refractivity contribution in [2.24, 2.45) is 13.0 Å². The summed E-state index contributed by atoms with van der Waals surface area (Å²) in [5.74, 6) is 0.662. The van der Waals surface area contributed by atoms with Crippen LogP contribution in [0.15, 0.2) is 30.6 Å². The summed E-state index contributed by atoms with van der Waals surface area (Å²) in [5.41, 5.74) is 4.08. The van der Waals surface area contributed by atoms with Gasteiger partial charge in [-0.3, -0.25) is 9.78 Å². The lowest BCUT2D eigenvalue weighted by Gasteiger charge is -2.35. The monoisotopic (exact) mass is 398 g/mol. The molecule has 0 N–H and O–H groups in total. The van der Waals surface area contributed by atoms with E-state index in [-0.39, 0.29) is 5.91 Å². The molecule has 0 aliphatic carbocycles. The highest BCUT2D eigenvalue weighted by molar-refractivity contribution is 5.95. The zero-order valence-corrected chi connectivity index (χ0v) is 18.2. The number of amides is 1. The fourth-order valence-electron chi connectivity index (χ4n) is 4.09. The number of piperidine rings is 1. The Morgan fingerprint density at radius 2 is 1.93 bits per heavy atom.